The number of imidazole rings is 1. The molecule has 4 aromatic heterocycles. The van der Waals surface area contributed by atoms with Crippen LogP contribution in [0.1, 0.15) is 11.4 Å². The molecule has 0 spiro atoms. The summed E-state index contributed by atoms with van der Waals surface area (Å²) in [5.41, 5.74) is 4.16. The molecule has 138 valence electrons. The Morgan fingerprint density at radius 1 is 1.00 bits per heavy atom. The highest BCUT2D eigenvalue weighted by Gasteiger charge is 2.15. The van der Waals surface area contributed by atoms with Crippen LogP contribution in [0.5, 0.6) is 0 Å². The number of H-pyrrole nitrogens is 1. The summed E-state index contributed by atoms with van der Waals surface area (Å²) in [6, 6.07) is 7.41. The average molecular weight is 377 g/mol. The molecule has 0 radical (unpaired) electrons. The van der Waals surface area contributed by atoms with E-state index in [4.69, 9.17) is 0 Å². The van der Waals surface area contributed by atoms with Crippen molar-refractivity contribution >= 4 is 16.7 Å². The molecule has 0 aliphatic rings. The third kappa shape index (κ3) is 2.51. The van der Waals surface area contributed by atoms with Crippen molar-refractivity contribution in [3.63, 3.8) is 0 Å². The minimum atomic E-state index is -0.772. The number of nitrogens with zero attached hydrogens (tertiary/aromatic N) is 6. The number of pyridine rings is 1. The van der Waals surface area contributed by atoms with Crippen molar-refractivity contribution in [3.05, 3.63) is 59.7 Å². The van der Waals surface area contributed by atoms with Gasteiger partial charge >= 0.3 is 0 Å². The minimum absolute atomic E-state index is 0.156. The molecule has 0 amide bonds. The van der Waals surface area contributed by atoms with Gasteiger partial charge in [-0.15, -0.1) is 5.10 Å². The molecular weight excluding hydrogens is 364 g/mol. The summed E-state index contributed by atoms with van der Waals surface area (Å²) in [6.45, 7) is 3.78. The predicted octanol–water partition coefficient (Wildman–Crippen LogP) is 3.62. The van der Waals surface area contributed by atoms with Crippen molar-refractivity contribution in [2.45, 2.75) is 13.8 Å². The number of halogens is 2. The van der Waals surface area contributed by atoms with Gasteiger partial charge in [0.1, 0.15) is 5.69 Å². The fraction of sp³-hybridized carbons (Fsp3) is 0.105. The quantitative estimate of drug-likeness (QED) is 0.475. The van der Waals surface area contributed by atoms with E-state index in [-0.39, 0.29) is 11.5 Å². The molecule has 1 N–H and O–H groups in total. The van der Waals surface area contributed by atoms with E-state index in [1.807, 2.05) is 19.9 Å². The Morgan fingerprint density at radius 3 is 2.68 bits per heavy atom. The Labute approximate surface area is 157 Å². The number of aromatic amines is 1. The molecule has 1 aromatic carbocycles. The van der Waals surface area contributed by atoms with E-state index in [1.165, 1.54) is 0 Å². The number of nitrogens with one attached hydrogen (secondary N) is 1. The van der Waals surface area contributed by atoms with E-state index >= 15 is 0 Å². The maximum absolute atomic E-state index is 14.0. The van der Waals surface area contributed by atoms with Crippen LogP contribution in [-0.4, -0.2) is 34.5 Å². The van der Waals surface area contributed by atoms with E-state index < -0.39 is 11.8 Å². The van der Waals surface area contributed by atoms with Gasteiger partial charge in [-0.1, -0.05) is 0 Å². The first-order valence-corrected chi connectivity index (χ1v) is 8.51. The second-order valence-electron chi connectivity index (χ2n) is 6.44. The number of benzene rings is 1. The monoisotopic (exact) mass is 377 g/mol. The normalized spacial score (nSPS) is 11.6. The molecule has 0 saturated heterocycles. The Bertz CT molecular complexity index is 1330. The van der Waals surface area contributed by atoms with Gasteiger partial charge in [-0.3, -0.25) is 4.98 Å². The number of hydrogen-bond acceptors (Lipinski definition) is 5. The molecule has 0 atom stereocenters. The van der Waals surface area contributed by atoms with Gasteiger partial charge in [-0.2, -0.15) is 4.39 Å². The zero-order valence-corrected chi connectivity index (χ0v) is 14.9. The predicted molar refractivity (Wildman–Crippen MR) is 98.5 cm³/mol. The highest BCUT2D eigenvalue weighted by Crippen LogP contribution is 2.26. The van der Waals surface area contributed by atoms with E-state index in [0.29, 0.717) is 22.5 Å². The van der Waals surface area contributed by atoms with Crippen LogP contribution in [0.25, 0.3) is 39.6 Å². The summed E-state index contributed by atoms with van der Waals surface area (Å²) in [7, 11) is 0. The van der Waals surface area contributed by atoms with E-state index in [9.17, 15) is 8.78 Å². The molecule has 5 rings (SSSR count). The lowest BCUT2D eigenvalue weighted by Gasteiger charge is -1.97. The molecule has 7 nitrogen and oxygen atoms in total. The number of fused-ring (bicyclic) bond motifs is 2. The summed E-state index contributed by atoms with van der Waals surface area (Å²) in [6.07, 6.45) is 1.74. The van der Waals surface area contributed by atoms with Crippen molar-refractivity contribution in [1.29, 1.82) is 0 Å². The molecular formula is C19H13F2N7. The smallest absolute Gasteiger partial charge is 0.213 e. The van der Waals surface area contributed by atoms with Crippen molar-refractivity contribution < 1.29 is 8.78 Å². The number of rotatable bonds is 2. The fourth-order valence-corrected chi connectivity index (χ4v) is 3.06. The maximum Gasteiger partial charge on any atom is 0.213 e. The first-order valence-electron chi connectivity index (χ1n) is 8.51. The van der Waals surface area contributed by atoms with Gasteiger partial charge in [0.2, 0.25) is 5.95 Å². The molecule has 0 aliphatic carbocycles. The Balaban J connectivity index is 1.64. The van der Waals surface area contributed by atoms with Crippen LogP contribution in [0.2, 0.25) is 0 Å². The SMILES string of the molecule is Cc1ncc(C)n2nc(-c3ccc4[nH]c(-c5nc(F)ccc5F)nc4c3)nc12. The molecule has 0 bridgehead atoms. The zero-order chi connectivity index (χ0) is 19.4. The highest BCUT2D eigenvalue weighted by molar-refractivity contribution is 5.83. The molecule has 0 aliphatic heterocycles. The summed E-state index contributed by atoms with van der Waals surface area (Å²) in [4.78, 5) is 19.8. The second kappa shape index (κ2) is 5.88. The standard InChI is InChI=1S/C19H13F2N7/c1-9-8-22-10(2)19-26-17(27-28(9)19)11-3-5-13-14(7-11)24-18(23-13)16-12(20)4-6-15(21)25-16/h3-8H,1-2H3,(H,23,24). The Hall–Kier alpha value is -3.75. The van der Waals surface area contributed by atoms with Gasteiger partial charge in [0.15, 0.2) is 23.1 Å². The van der Waals surface area contributed by atoms with Gasteiger partial charge in [-0.05, 0) is 44.2 Å². The van der Waals surface area contributed by atoms with Crippen LogP contribution in [0.15, 0.2) is 36.5 Å². The summed E-state index contributed by atoms with van der Waals surface area (Å²) < 4.78 is 29.1. The lowest BCUT2D eigenvalue weighted by atomic mass is 10.2. The molecule has 0 fully saturated rings. The first kappa shape index (κ1) is 16.4. The topological polar surface area (TPSA) is 84.7 Å². The van der Waals surface area contributed by atoms with Crippen molar-refractivity contribution in [2.24, 2.45) is 0 Å². The molecule has 0 saturated carbocycles. The van der Waals surface area contributed by atoms with Crippen LogP contribution in [-0.2, 0) is 0 Å². The average Bonchev–Trinajstić information content (AvgIpc) is 3.31. The lowest BCUT2D eigenvalue weighted by molar-refractivity contribution is 0.563. The molecule has 5 aromatic rings. The van der Waals surface area contributed by atoms with E-state index in [1.54, 1.807) is 22.8 Å². The minimum Gasteiger partial charge on any atom is -0.337 e. The van der Waals surface area contributed by atoms with E-state index in [2.05, 4.69) is 30.0 Å². The van der Waals surface area contributed by atoms with Gasteiger partial charge in [0, 0.05) is 11.8 Å². The third-order valence-electron chi connectivity index (χ3n) is 4.49. The molecule has 9 heteroatoms. The summed E-state index contributed by atoms with van der Waals surface area (Å²) >= 11 is 0. The lowest BCUT2D eigenvalue weighted by Crippen LogP contribution is -1.97. The number of aromatic nitrogens is 7. The first-order chi connectivity index (χ1) is 13.5. The number of hydrogen-bond donors (Lipinski definition) is 1. The van der Waals surface area contributed by atoms with Gasteiger partial charge in [0.25, 0.3) is 0 Å². The van der Waals surface area contributed by atoms with Crippen molar-refractivity contribution in [2.75, 3.05) is 0 Å². The third-order valence-corrected chi connectivity index (χ3v) is 4.49. The zero-order valence-electron chi connectivity index (χ0n) is 14.9. The molecule has 4 heterocycles. The largest absolute Gasteiger partial charge is 0.337 e. The van der Waals surface area contributed by atoms with Crippen LogP contribution >= 0.6 is 0 Å². The highest BCUT2D eigenvalue weighted by atomic mass is 19.1. The van der Waals surface area contributed by atoms with E-state index in [0.717, 1.165) is 29.1 Å². The van der Waals surface area contributed by atoms with Crippen LogP contribution in [0, 0.1) is 25.6 Å². The fourth-order valence-electron chi connectivity index (χ4n) is 3.06. The molecule has 0 unspecified atom stereocenters. The van der Waals surface area contributed by atoms with Crippen molar-refractivity contribution in [3.8, 4) is 22.9 Å². The summed E-state index contributed by atoms with van der Waals surface area (Å²) in [5.74, 6) is -0.740. The van der Waals surface area contributed by atoms with Gasteiger partial charge in [0.05, 0.1) is 22.4 Å². The van der Waals surface area contributed by atoms with Gasteiger partial charge in [-0.25, -0.2) is 23.9 Å². The van der Waals surface area contributed by atoms with Gasteiger partial charge < -0.3 is 4.98 Å². The second-order valence-corrected chi connectivity index (χ2v) is 6.44. The van der Waals surface area contributed by atoms with Crippen LogP contribution in [0.3, 0.4) is 0 Å². The van der Waals surface area contributed by atoms with Crippen LogP contribution < -0.4 is 0 Å². The van der Waals surface area contributed by atoms with Crippen molar-refractivity contribution in [1.82, 2.24) is 34.5 Å². The Kier molecular flexibility index (Phi) is 3.45. The summed E-state index contributed by atoms with van der Waals surface area (Å²) in [5, 5.41) is 4.55. The number of aryl methyl sites for hydroxylation is 2. The Morgan fingerprint density at radius 2 is 1.86 bits per heavy atom. The maximum atomic E-state index is 14.0. The molecule has 28 heavy (non-hydrogen) atoms. The van der Waals surface area contributed by atoms with Crippen LogP contribution in [0.4, 0.5) is 8.78 Å².